The quantitative estimate of drug-likeness (QED) is 0.837. The number of hydrogen-bond donors (Lipinski definition) is 1. The molecule has 1 aliphatic heterocycles. The first-order valence-electron chi connectivity index (χ1n) is 6.82. The van der Waals surface area contributed by atoms with Gasteiger partial charge in [0.1, 0.15) is 6.04 Å². The predicted molar refractivity (Wildman–Crippen MR) is 74.6 cm³/mol. The number of likely N-dealkylation sites (tertiary alicyclic amines) is 1. The number of hydrogen-bond acceptors (Lipinski definition) is 4. The van der Waals surface area contributed by atoms with Crippen molar-refractivity contribution >= 4 is 5.97 Å². The van der Waals surface area contributed by atoms with Gasteiger partial charge in [-0.25, -0.2) is 4.79 Å². The van der Waals surface area contributed by atoms with Crippen molar-refractivity contribution in [3.63, 3.8) is 0 Å². The Hall–Kier alpha value is -1.39. The Kier molecular flexibility index (Phi) is 4.93. The summed E-state index contributed by atoms with van der Waals surface area (Å²) < 4.78 is 5.36. The van der Waals surface area contributed by atoms with E-state index >= 15 is 0 Å². The summed E-state index contributed by atoms with van der Waals surface area (Å²) in [7, 11) is 2.10. The van der Waals surface area contributed by atoms with Crippen LogP contribution in [0.1, 0.15) is 24.4 Å². The summed E-state index contributed by atoms with van der Waals surface area (Å²) in [5, 5.41) is 0. The molecule has 1 aliphatic rings. The molecule has 0 aromatic heterocycles. The van der Waals surface area contributed by atoms with E-state index in [1.165, 1.54) is 6.42 Å². The highest BCUT2D eigenvalue weighted by Gasteiger charge is 2.21. The van der Waals surface area contributed by atoms with E-state index in [-0.39, 0.29) is 5.97 Å². The van der Waals surface area contributed by atoms with Crippen LogP contribution in [0.2, 0.25) is 0 Å². The molecule has 0 spiro atoms. The molecule has 0 amide bonds. The second kappa shape index (κ2) is 6.68. The molecule has 1 unspecified atom stereocenters. The molecule has 0 bridgehead atoms. The second-order valence-corrected chi connectivity index (χ2v) is 5.29. The molecule has 2 rings (SSSR count). The Labute approximate surface area is 114 Å². The zero-order valence-electron chi connectivity index (χ0n) is 11.4. The smallest absolute Gasteiger partial charge is 0.327 e. The van der Waals surface area contributed by atoms with Crippen molar-refractivity contribution < 1.29 is 9.53 Å². The van der Waals surface area contributed by atoms with Gasteiger partial charge >= 0.3 is 5.97 Å². The van der Waals surface area contributed by atoms with Crippen molar-refractivity contribution in [3.05, 3.63) is 35.9 Å². The summed E-state index contributed by atoms with van der Waals surface area (Å²) in [6.07, 6.45) is 2.29. The predicted octanol–water partition coefficient (Wildman–Crippen LogP) is 1.57. The minimum atomic E-state index is -0.678. The van der Waals surface area contributed by atoms with Gasteiger partial charge in [-0.05, 0) is 32.0 Å². The average Bonchev–Trinajstić information content (AvgIpc) is 2.45. The molecule has 2 atom stereocenters. The zero-order valence-corrected chi connectivity index (χ0v) is 11.4. The van der Waals surface area contributed by atoms with Gasteiger partial charge < -0.3 is 15.4 Å². The lowest BCUT2D eigenvalue weighted by Crippen LogP contribution is -2.35. The largest absolute Gasteiger partial charge is 0.464 e. The Morgan fingerprint density at radius 3 is 2.89 bits per heavy atom. The maximum atomic E-state index is 11.9. The topological polar surface area (TPSA) is 55.6 Å². The monoisotopic (exact) mass is 262 g/mol. The summed E-state index contributed by atoms with van der Waals surface area (Å²) in [6.45, 7) is 2.60. The van der Waals surface area contributed by atoms with Gasteiger partial charge in [0.25, 0.3) is 0 Å². The number of ether oxygens (including phenoxy) is 1. The van der Waals surface area contributed by atoms with Gasteiger partial charge in [0.15, 0.2) is 0 Å². The summed E-state index contributed by atoms with van der Waals surface area (Å²) in [6, 6.07) is 8.67. The van der Waals surface area contributed by atoms with Crippen molar-refractivity contribution in [2.75, 3.05) is 26.7 Å². The van der Waals surface area contributed by atoms with Gasteiger partial charge in [0.2, 0.25) is 0 Å². The maximum Gasteiger partial charge on any atom is 0.327 e. The number of benzene rings is 1. The molecule has 104 valence electrons. The Bertz CT molecular complexity index is 408. The van der Waals surface area contributed by atoms with Gasteiger partial charge in [-0.15, -0.1) is 0 Å². The van der Waals surface area contributed by atoms with Crippen LogP contribution in [0.25, 0.3) is 0 Å². The van der Waals surface area contributed by atoms with E-state index in [0.29, 0.717) is 12.5 Å². The van der Waals surface area contributed by atoms with E-state index in [2.05, 4.69) is 11.9 Å². The van der Waals surface area contributed by atoms with Crippen LogP contribution >= 0.6 is 0 Å². The number of rotatable bonds is 4. The molecule has 1 aromatic carbocycles. The van der Waals surface area contributed by atoms with Crippen molar-refractivity contribution in [1.82, 2.24) is 4.90 Å². The summed E-state index contributed by atoms with van der Waals surface area (Å²) in [4.78, 5) is 14.2. The zero-order chi connectivity index (χ0) is 13.7. The molecule has 1 fully saturated rings. The van der Waals surface area contributed by atoms with Crippen molar-refractivity contribution in [3.8, 4) is 0 Å². The molecule has 1 heterocycles. The van der Waals surface area contributed by atoms with E-state index in [9.17, 15) is 4.79 Å². The molecular weight excluding hydrogens is 240 g/mol. The van der Waals surface area contributed by atoms with Crippen LogP contribution in [0.5, 0.6) is 0 Å². The Morgan fingerprint density at radius 2 is 2.21 bits per heavy atom. The van der Waals surface area contributed by atoms with E-state index in [1.54, 1.807) is 0 Å². The van der Waals surface area contributed by atoms with Gasteiger partial charge in [0, 0.05) is 12.5 Å². The third-order valence-corrected chi connectivity index (χ3v) is 3.60. The fraction of sp³-hybridized carbons (Fsp3) is 0.533. The molecule has 0 aliphatic carbocycles. The lowest BCUT2D eigenvalue weighted by atomic mass is 9.99. The van der Waals surface area contributed by atoms with Crippen molar-refractivity contribution in [2.45, 2.75) is 18.9 Å². The van der Waals surface area contributed by atoms with Gasteiger partial charge in [0.05, 0.1) is 6.61 Å². The minimum Gasteiger partial charge on any atom is -0.464 e. The van der Waals surface area contributed by atoms with E-state index in [1.807, 2.05) is 30.3 Å². The molecule has 2 N–H and O–H groups in total. The lowest BCUT2D eigenvalue weighted by Gasteiger charge is -2.29. The van der Waals surface area contributed by atoms with E-state index < -0.39 is 6.04 Å². The molecule has 0 radical (unpaired) electrons. The molecule has 4 heteroatoms. The summed E-state index contributed by atoms with van der Waals surface area (Å²) >= 11 is 0. The molecule has 4 nitrogen and oxygen atoms in total. The Morgan fingerprint density at radius 1 is 1.47 bits per heavy atom. The maximum absolute atomic E-state index is 11.9. The first kappa shape index (κ1) is 14.0. The second-order valence-electron chi connectivity index (χ2n) is 5.29. The number of nitrogens with two attached hydrogens (primary N) is 1. The molecule has 19 heavy (non-hydrogen) atoms. The highest BCUT2D eigenvalue weighted by atomic mass is 16.5. The molecular formula is C15H22N2O2. The number of carbonyl (C=O) groups excluding carboxylic acids is 1. The molecule has 0 saturated carbocycles. The van der Waals surface area contributed by atoms with Crippen LogP contribution < -0.4 is 5.73 Å². The van der Waals surface area contributed by atoms with Crippen LogP contribution in [0.15, 0.2) is 30.3 Å². The first-order chi connectivity index (χ1) is 9.16. The molecule has 1 aromatic rings. The number of carbonyl (C=O) groups is 1. The summed E-state index contributed by atoms with van der Waals surface area (Å²) in [5.74, 6) is 0.102. The third kappa shape index (κ3) is 4.04. The van der Waals surface area contributed by atoms with E-state index in [0.717, 1.165) is 25.1 Å². The van der Waals surface area contributed by atoms with Crippen LogP contribution in [0, 0.1) is 5.92 Å². The minimum absolute atomic E-state index is 0.334. The first-order valence-corrected chi connectivity index (χ1v) is 6.82. The lowest BCUT2D eigenvalue weighted by molar-refractivity contribution is -0.147. The fourth-order valence-corrected chi connectivity index (χ4v) is 2.50. The average molecular weight is 262 g/mol. The Balaban J connectivity index is 1.81. The highest BCUT2D eigenvalue weighted by Crippen LogP contribution is 2.17. The van der Waals surface area contributed by atoms with Gasteiger partial charge in [-0.3, -0.25) is 0 Å². The fourth-order valence-electron chi connectivity index (χ4n) is 2.50. The summed E-state index contributed by atoms with van der Waals surface area (Å²) in [5.41, 5.74) is 6.70. The normalized spacial score (nSPS) is 21.9. The number of esters is 1. The SMILES string of the molecule is CN1CCC[C@H](COC(=O)C(N)c2ccccc2)C1. The number of nitrogens with zero attached hydrogens (tertiary/aromatic N) is 1. The van der Waals surface area contributed by atoms with Gasteiger partial charge in [-0.2, -0.15) is 0 Å². The van der Waals surface area contributed by atoms with Crippen molar-refractivity contribution in [2.24, 2.45) is 11.7 Å². The standard InChI is InChI=1S/C15H22N2O2/c1-17-9-5-6-12(10-17)11-19-15(18)14(16)13-7-3-2-4-8-13/h2-4,7-8,12,14H,5-6,9-11,16H2,1H3/t12-,14?/m0/s1. The van der Waals surface area contributed by atoms with Crippen LogP contribution in [-0.2, 0) is 9.53 Å². The van der Waals surface area contributed by atoms with Crippen molar-refractivity contribution in [1.29, 1.82) is 0 Å². The van der Waals surface area contributed by atoms with Crippen LogP contribution in [0.4, 0.5) is 0 Å². The van der Waals surface area contributed by atoms with Gasteiger partial charge in [-0.1, -0.05) is 30.3 Å². The molecule has 1 saturated heterocycles. The van der Waals surface area contributed by atoms with Crippen LogP contribution in [-0.4, -0.2) is 37.6 Å². The van der Waals surface area contributed by atoms with E-state index in [4.69, 9.17) is 10.5 Å². The number of piperidine rings is 1. The third-order valence-electron chi connectivity index (χ3n) is 3.60. The van der Waals surface area contributed by atoms with Crippen LogP contribution in [0.3, 0.4) is 0 Å². The highest BCUT2D eigenvalue weighted by molar-refractivity contribution is 5.77.